The Morgan fingerprint density at radius 1 is 0.724 bits per heavy atom. The number of nitrogens with one attached hydrogen (secondary N) is 4. The van der Waals surface area contributed by atoms with Crippen molar-refractivity contribution in [2.75, 3.05) is 105 Å². The van der Waals surface area contributed by atoms with Gasteiger partial charge in [-0.1, -0.05) is 42.6 Å². The summed E-state index contributed by atoms with van der Waals surface area (Å²) in [6.07, 6.45) is 5.01. The summed E-state index contributed by atoms with van der Waals surface area (Å²) in [5, 5.41) is 11.4. The molecule has 0 aliphatic heterocycles. The first-order valence-electron chi connectivity index (χ1n) is 19.5. The van der Waals surface area contributed by atoms with E-state index in [-0.39, 0.29) is 117 Å². The Labute approximate surface area is 345 Å². The molecule has 1 fully saturated rings. The summed E-state index contributed by atoms with van der Waals surface area (Å²) in [5.41, 5.74) is 1.62. The van der Waals surface area contributed by atoms with Gasteiger partial charge in [-0.05, 0) is 49.5 Å². The molecule has 1 aromatic rings. The van der Waals surface area contributed by atoms with Crippen LogP contribution in [-0.4, -0.2) is 145 Å². The predicted molar refractivity (Wildman–Crippen MR) is 218 cm³/mol. The molecule has 0 heterocycles. The Hall–Kier alpha value is -2.76. The Morgan fingerprint density at radius 3 is 1.67 bits per heavy atom. The molecule has 1 aliphatic rings. The average molecular weight is 865 g/mol. The fourth-order valence-electron chi connectivity index (χ4n) is 5.92. The van der Waals surface area contributed by atoms with E-state index < -0.39 is 30.3 Å². The largest absolute Gasteiger partial charge is 0.377 e. The van der Waals surface area contributed by atoms with Crippen LogP contribution >= 0.6 is 18.0 Å². The third kappa shape index (κ3) is 22.0. The zero-order valence-corrected chi connectivity index (χ0v) is 35.5. The minimum absolute atomic E-state index is 0.0400. The molecule has 22 heteroatoms. The number of nitrogens with zero attached hydrogens (tertiary/aromatic N) is 1. The van der Waals surface area contributed by atoms with Crippen molar-refractivity contribution in [3.05, 3.63) is 35.4 Å². The molecule has 0 bridgehead atoms. The van der Waals surface area contributed by atoms with E-state index in [1.54, 1.807) is 6.26 Å². The van der Waals surface area contributed by atoms with E-state index in [0.29, 0.717) is 38.4 Å². The van der Waals surface area contributed by atoms with Crippen molar-refractivity contribution in [1.29, 1.82) is 0 Å². The lowest BCUT2D eigenvalue weighted by Crippen LogP contribution is -2.54. The molecule has 0 saturated heterocycles. The van der Waals surface area contributed by atoms with Crippen LogP contribution in [0.15, 0.2) is 24.3 Å². The molecule has 1 saturated carbocycles. The molecule has 2 rings (SSSR count). The minimum Gasteiger partial charge on any atom is -0.377 e. The average Bonchev–Trinajstić information content (AvgIpc) is 3.23. The van der Waals surface area contributed by atoms with Gasteiger partial charge in [0.15, 0.2) is 0 Å². The van der Waals surface area contributed by atoms with E-state index in [1.807, 2.05) is 31.2 Å². The standard InChI is InChI=1S/C36H65N8O12PS/c1-3-57(49,58-2)56-31-10-8-30(9-11-31)35(47)43-25-29-6-4-28(5-7-29)24-32(36(48)42-14-17-52-20-23-55-39)44(26-33(45)40-12-15-50-18-21-53-37)27-34(46)41-13-16-51-19-22-54-38/h4-7,30-32H,3,8-27,37-39H2,1-2H3,(H,40,45)(H,41,46)(H,42,48)(H,43,47)/t30-,31-,32-,57?/m1/s1. The van der Waals surface area contributed by atoms with E-state index in [0.717, 1.165) is 11.1 Å². The molecule has 58 heavy (non-hydrogen) atoms. The number of carbonyl (C=O) groups excluding carboxylic acids is 4. The van der Waals surface area contributed by atoms with Crippen LogP contribution in [0.4, 0.5) is 0 Å². The van der Waals surface area contributed by atoms with Crippen LogP contribution in [0.5, 0.6) is 0 Å². The summed E-state index contributed by atoms with van der Waals surface area (Å²) in [5.74, 6) is 13.6. The maximum atomic E-state index is 13.8. The Bertz CT molecular complexity index is 1330. The number of rotatable bonds is 33. The fraction of sp³-hybridized carbons (Fsp3) is 0.722. The molecular weight excluding hydrogens is 799 g/mol. The van der Waals surface area contributed by atoms with Gasteiger partial charge in [0.2, 0.25) is 23.6 Å². The van der Waals surface area contributed by atoms with Gasteiger partial charge < -0.3 is 54.5 Å². The molecule has 1 aromatic carbocycles. The summed E-state index contributed by atoms with van der Waals surface area (Å²) in [4.78, 5) is 68.1. The van der Waals surface area contributed by atoms with Crippen molar-refractivity contribution in [3.63, 3.8) is 0 Å². The van der Waals surface area contributed by atoms with Crippen LogP contribution in [0, 0.1) is 5.92 Å². The molecule has 0 radical (unpaired) electrons. The monoisotopic (exact) mass is 864 g/mol. The summed E-state index contributed by atoms with van der Waals surface area (Å²) in [7, 11) is 0. The zero-order valence-electron chi connectivity index (χ0n) is 33.8. The molecule has 0 spiro atoms. The molecule has 4 amide bonds. The molecule has 10 N–H and O–H groups in total. The van der Waals surface area contributed by atoms with Crippen molar-refractivity contribution in [2.24, 2.45) is 23.6 Å². The van der Waals surface area contributed by atoms with Gasteiger partial charge in [0.25, 0.3) is 6.57 Å². The third-order valence-corrected chi connectivity index (χ3v) is 13.7. The summed E-state index contributed by atoms with van der Waals surface area (Å²) in [6, 6.07) is 6.47. The van der Waals surface area contributed by atoms with Crippen LogP contribution < -0.4 is 39.0 Å². The van der Waals surface area contributed by atoms with Gasteiger partial charge in [0.05, 0.1) is 84.7 Å². The Kier molecular flexibility index (Phi) is 27.6. The number of nitrogens with two attached hydrogens (primary N) is 3. The summed E-state index contributed by atoms with van der Waals surface area (Å²) < 4.78 is 34.8. The number of benzene rings is 1. The quantitative estimate of drug-likeness (QED) is 0.0272. The SMILES string of the molecule is CCP(=O)(O[C@H]1CC[C@H](C(=O)NCc2ccc(C[C@H](C(=O)NCCOCCON)N(CC(=O)NCCOCCON)CC(=O)NCCOCCON)cc2)CC1)SC. The van der Waals surface area contributed by atoms with Crippen LogP contribution in [0.25, 0.3) is 0 Å². The summed E-state index contributed by atoms with van der Waals surface area (Å²) in [6.45, 7) is 1.35. The van der Waals surface area contributed by atoms with Gasteiger partial charge in [-0.3, -0.25) is 28.6 Å². The fourth-order valence-corrected chi connectivity index (χ4v) is 8.47. The van der Waals surface area contributed by atoms with Crippen molar-refractivity contribution >= 4 is 41.6 Å². The smallest absolute Gasteiger partial charge is 0.257 e. The number of hydrogen-bond acceptors (Lipinski definition) is 17. The molecule has 1 aliphatic carbocycles. The highest BCUT2D eigenvalue weighted by molar-refractivity contribution is 8.56. The third-order valence-electron chi connectivity index (χ3n) is 9.10. The highest BCUT2D eigenvalue weighted by Crippen LogP contribution is 2.59. The maximum absolute atomic E-state index is 13.8. The maximum Gasteiger partial charge on any atom is 0.257 e. The van der Waals surface area contributed by atoms with Gasteiger partial charge in [0, 0.05) is 38.3 Å². The lowest BCUT2D eigenvalue weighted by molar-refractivity contribution is -0.132. The van der Waals surface area contributed by atoms with Gasteiger partial charge >= 0.3 is 0 Å². The first-order valence-corrected chi connectivity index (χ1v) is 23.1. The van der Waals surface area contributed by atoms with Crippen LogP contribution in [0.3, 0.4) is 0 Å². The number of hydrogen-bond donors (Lipinski definition) is 7. The predicted octanol–water partition coefficient (Wildman–Crippen LogP) is -0.263. The van der Waals surface area contributed by atoms with Crippen molar-refractivity contribution in [3.8, 4) is 0 Å². The van der Waals surface area contributed by atoms with Gasteiger partial charge in [-0.15, -0.1) is 0 Å². The second-order valence-electron chi connectivity index (χ2n) is 13.3. The van der Waals surface area contributed by atoms with E-state index >= 15 is 0 Å². The summed E-state index contributed by atoms with van der Waals surface area (Å²) >= 11 is 1.27. The number of carbonyl (C=O) groups is 4. The van der Waals surface area contributed by atoms with Crippen molar-refractivity contribution in [1.82, 2.24) is 26.2 Å². The Balaban J connectivity index is 2.13. The van der Waals surface area contributed by atoms with Crippen molar-refractivity contribution in [2.45, 2.75) is 57.7 Å². The first kappa shape index (κ1) is 51.4. The molecule has 20 nitrogen and oxygen atoms in total. The topological polar surface area (TPSA) is 279 Å². The van der Waals surface area contributed by atoms with Crippen LogP contribution in [0.2, 0.25) is 0 Å². The van der Waals surface area contributed by atoms with E-state index in [1.165, 1.54) is 16.3 Å². The highest BCUT2D eigenvalue weighted by Gasteiger charge is 2.32. The molecule has 2 atom stereocenters. The second-order valence-corrected chi connectivity index (χ2v) is 18.5. The van der Waals surface area contributed by atoms with Gasteiger partial charge in [-0.25, -0.2) is 17.7 Å². The lowest BCUT2D eigenvalue weighted by Gasteiger charge is -2.30. The van der Waals surface area contributed by atoms with Crippen molar-refractivity contribution < 1.29 is 57.0 Å². The molecule has 0 aromatic heterocycles. The van der Waals surface area contributed by atoms with E-state index in [4.69, 9.17) is 36.4 Å². The van der Waals surface area contributed by atoms with Crippen LogP contribution in [-0.2, 0) is 70.0 Å². The van der Waals surface area contributed by atoms with Gasteiger partial charge in [0.1, 0.15) is 0 Å². The normalized spacial score (nSPS) is 17.0. The van der Waals surface area contributed by atoms with E-state index in [2.05, 4.69) is 35.8 Å². The second kappa shape index (κ2) is 31.2. The molecule has 332 valence electrons. The molecule has 1 unspecified atom stereocenters. The molecular formula is C36H65N8O12PS. The van der Waals surface area contributed by atoms with E-state index in [9.17, 15) is 23.7 Å². The van der Waals surface area contributed by atoms with Crippen LogP contribution in [0.1, 0.15) is 43.7 Å². The number of ether oxygens (including phenoxy) is 3. The highest BCUT2D eigenvalue weighted by atomic mass is 32.7. The number of amides is 4. The first-order chi connectivity index (χ1) is 28.1. The minimum atomic E-state index is -2.69. The Morgan fingerprint density at radius 2 is 1.21 bits per heavy atom. The van der Waals surface area contributed by atoms with Gasteiger partial charge in [-0.2, -0.15) is 0 Å². The zero-order chi connectivity index (χ0) is 42.4. The lowest BCUT2D eigenvalue weighted by atomic mass is 9.87.